The first-order valence-electron chi connectivity index (χ1n) is 9.94. The van der Waals surface area contributed by atoms with E-state index in [1.165, 1.54) is 69.7 Å². The van der Waals surface area contributed by atoms with Gasteiger partial charge in [-0.3, -0.25) is 19.6 Å². The number of rotatable bonds is 10. The van der Waals surface area contributed by atoms with Gasteiger partial charge in [0, 0.05) is 17.8 Å². The summed E-state index contributed by atoms with van der Waals surface area (Å²) < 4.78 is 43.1. The summed E-state index contributed by atoms with van der Waals surface area (Å²) >= 11 is 0. The fourth-order valence-corrected chi connectivity index (χ4v) is 3.75. The predicted molar refractivity (Wildman–Crippen MR) is 124 cm³/mol. The highest BCUT2D eigenvalue weighted by Gasteiger charge is 2.21. The van der Waals surface area contributed by atoms with E-state index in [-0.39, 0.29) is 39.7 Å². The number of hydrogen-bond donors (Lipinski definition) is 2. The van der Waals surface area contributed by atoms with Crippen LogP contribution < -0.4 is 24.2 Å². The SMILES string of the molecule is COc1cc(NS(=O)(=O)c2ccc(NC(=O)C(C)Oc3ccccc3[N+](=O)[O-])cc2)nc(OC)n1. The van der Waals surface area contributed by atoms with E-state index in [1.807, 2.05) is 0 Å². The number of aromatic nitrogens is 2. The molecular formula is C21H21N5O8S. The minimum atomic E-state index is -4.03. The van der Waals surface area contributed by atoms with Gasteiger partial charge in [-0.25, -0.2) is 8.42 Å². The van der Waals surface area contributed by atoms with Crippen LogP contribution in [0, 0.1) is 10.1 Å². The Labute approximate surface area is 200 Å². The molecule has 2 aromatic carbocycles. The summed E-state index contributed by atoms with van der Waals surface area (Å²) in [6, 6.07) is 12.2. The smallest absolute Gasteiger partial charge is 0.321 e. The molecule has 3 rings (SSSR count). The Morgan fingerprint density at radius 3 is 2.37 bits per heavy atom. The first-order chi connectivity index (χ1) is 16.6. The number of amides is 1. The van der Waals surface area contributed by atoms with E-state index in [0.29, 0.717) is 0 Å². The van der Waals surface area contributed by atoms with Crippen molar-refractivity contribution in [3.05, 3.63) is 64.7 Å². The quantitative estimate of drug-likeness (QED) is 0.309. The van der Waals surface area contributed by atoms with Crippen molar-refractivity contribution in [2.24, 2.45) is 0 Å². The van der Waals surface area contributed by atoms with Gasteiger partial charge in [0.05, 0.1) is 24.0 Å². The second-order valence-electron chi connectivity index (χ2n) is 6.89. The molecule has 14 heteroatoms. The second-order valence-corrected chi connectivity index (χ2v) is 8.57. The van der Waals surface area contributed by atoms with Crippen molar-refractivity contribution in [1.82, 2.24) is 9.97 Å². The minimum absolute atomic E-state index is 0.0503. The fourth-order valence-electron chi connectivity index (χ4n) is 2.76. The van der Waals surface area contributed by atoms with E-state index in [2.05, 4.69) is 20.0 Å². The summed E-state index contributed by atoms with van der Waals surface area (Å²) in [6.45, 7) is 1.43. The molecule has 3 aromatic rings. The highest BCUT2D eigenvalue weighted by atomic mass is 32.2. The van der Waals surface area contributed by atoms with Crippen LogP contribution in [0.4, 0.5) is 17.2 Å². The molecule has 1 unspecified atom stereocenters. The molecule has 0 saturated heterocycles. The Balaban J connectivity index is 1.68. The summed E-state index contributed by atoms with van der Waals surface area (Å²) in [5, 5.41) is 13.7. The van der Waals surface area contributed by atoms with Crippen LogP contribution in [0.1, 0.15) is 6.92 Å². The highest BCUT2D eigenvalue weighted by molar-refractivity contribution is 7.92. The van der Waals surface area contributed by atoms with Crippen LogP contribution in [0.25, 0.3) is 0 Å². The van der Waals surface area contributed by atoms with Gasteiger partial charge in [-0.15, -0.1) is 0 Å². The van der Waals surface area contributed by atoms with E-state index < -0.39 is 27.0 Å². The predicted octanol–water partition coefficient (Wildman–Crippen LogP) is 2.61. The number of ether oxygens (including phenoxy) is 3. The van der Waals surface area contributed by atoms with Gasteiger partial charge in [0.25, 0.3) is 15.9 Å². The van der Waals surface area contributed by atoms with Crippen molar-refractivity contribution < 1.29 is 32.3 Å². The standard InChI is InChI=1S/C21H21N5O8S/c1-13(34-17-7-5-4-6-16(17)26(28)29)20(27)22-14-8-10-15(11-9-14)35(30,31)25-18-12-19(32-2)24-21(23-18)33-3/h4-13H,1-3H3,(H,22,27)(H,23,24,25). The van der Waals surface area contributed by atoms with Crippen LogP contribution in [0.15, 0.2) is 59.5 Å². The topological polar surface area (TPSA) is 172 Å². The van der Waals surface area contributed by atoms with E-state index in [4.69, 9.17) is 14.2 Å². The van der Waals surface area contributed by atoms with E-state index in [9.17, 15) is 23.3 Å². The molecule has 2 N–H and O–H groups in total. The Kier molecular flexibility index (Phi) is 7.66. The molecule has 0 bridgehead atoms. The number of nitro benzene ring substituents is 1. The summed E-state index contributed by atoms with van der Waals surface area (Å²) in [4.78, 5) is 30.7. The average Bonchev–Trinajstić information content (AvgIpc) is 2.83. The molecule has 184 valence electrons. The monoisotopic (exact) mass is 503 g/mol. The fraction of sp³-hybridized carbons (Fsp3) is 0.190. The Hall–Kier alpha value is -4.46. The third-order valence-corrected chi connectivity index (χ3v) is 5.85. The lowest BCUT2D eigenvalue weighted by molar-refractivity contribution is -0.386. The van der Waals surface area contributed by atoms with Crippen molar-refractivity contribution >= 4 is 33.1 Å². The maximum Gasteiger partial charge on any atom is 0.321 e. The van der Waals surface area contributed by atoms with Crippen LogP contribution in [-0.4, -0.2) is 49.5 Å². The molecule has 1 amide bonds. The summed E-state index contributed by atoms with van der Waals surface area (Å²) in [5.74, 6) is -0.598. The summed E-state index contributed by atoms with van der Waals surface area (Å²) in [7, 11) is -1.34. The lowest BCUT2D eigenvalue weighted by Gasteiger charge is -2.15. The van der Waals surface area contributed by atoms with Gasteiger partial charge >= 0.3 is 11.7 Å². The first-order valence-corrected chi connectivity index (χ1v) is 11.4. The number of methoxy groups -OCH3 is 2. The van der Waals surface area contributed by atoms with Crippen LogP contribution >= 0.6 is 0 Å². The number of anilines is 2. The Morgan fingerprint density at radius 2 is 1.74 bits per heavy atom. The lowest BCUT2D eigenvalue weighted by atomic mass is 10.2. The van der Waals surface area contributed by atoms with Crippen LogP contribution in [0.5, 0.6) is 17.6 Å². The number of benzene rings is 2. The molecule has 35 heavy (non-hydrogen) atoms. The molecule has 13 nitrogen and oxygen atoms in total. The minimum Gasteiger partial charge on any atom is -0.481 e. The van der Waals surface area contributed by atoms with Gasteiger partial charge in [0.1, 0.15) is 0 Å². The molecule has 0 saturated carbocycles. The van der Waals surface area contributed by atoms with Crippen LogP contribution in [0.3, 0.4) is 0 Å². The summed E-state index contributed by atoms with van der Waals surface area (Å²) in [5.41, 5.74) is 0.0190. The largest absolute Gasteiger partial charge is 0.481 e. The van der Waals surface area contributed by atoms with Crippen LogP contribution in [0.2, 0.25) is 0 Å². The highest BCUT2D eigenvalue weighted by Crippen LogP contribution is 2.27. The zero-order valence-corrected chi connectivity index (χ0v) is 19.6. The van der Waals surface area contributed by atoms with Gasteiger partial charge < -0.3 is 19.5 Å². The van der Waals surface area contributed by atoms with E-state index >= 15 is 0 Å². The number of nitrogens with zero attached hydrogens (tertiary/aromatic N) is 3. The number of carbonyl (C=O) groups excluding carboxylic acids is 1. The van der Waals surface area contributed by atoms with Gasteiger partial charge in [-0.05, 0) is 37.3 Å². The molecular weight excluding hydrogens is 482 g/mol. The first kappa shape index (κ1) is 25.2. The van der Waals surface area contributed by atoms with Gasteiger partial charge in [0.2, 0.25) is 5.88 Å². The van der Waals surface area contributed by atoms with Crippen LogP contribution in [-0.2, 0) is 14.8 Å². The van der Waals surface area contributed by atoms with Gasteiger partial charge in [-0.1, -0.05) is 12.1 Å². The molecule has 0 aliphatic rings. The number of para-hydroxylation sites is 2. The van der Waals surface area contributed by atoms with E-state index in [1.54, 1.807) is 6.07 Å². The molecule has 0 spiro atoms. The Morgan fingerprint density at radius 1 is 1.06 bits per heavy atom. The lowest BCUT2D eigenvalue weighted by Crippen LogP contribution is -2.30. The van der Waals surface area contributed by atoms with Crippen molar-refractivity contribution in [2.45, 2.75) is 17.9 Å². The Bertz CT molecular complexity index is 1310. The third-order valence-electron chi connectivity index (χ3n) is 4.48. The number of hydrogen-bond acceptors (Lipinski definition) is 10. The number of nitro groups is 1. The van der Waals surface area contributed by atoms with E-state index in [0.717, 1.165) is 0 Å². The molecule has 0 aliphatic carbocycles. The maximum atomic E-state index is 12.7. The number of nitrogens with one attached hydrogen (secondary N) is 2. The second kappa shape index (κ2) is 10.6. The molecule has 1 aromatic heterocycles. The van der Waals surface area contributed by atoms with Crippen molar-refractivity contribution in [1.29, 1.82) is 0 Å². The maximum absolute atomic E-state index is 12.7. The van der Waals surface area contributed by atoms with Gasteiger partial charge in [-0.2, -0.15) is 9.97 Å². The van der Waals surface area contributed by atoms with Crippen molar-refractivity contribution in [2.75, 3.05) is 24.3 Å². The molecule has 0 radical (unpaired) electrons. The number of carbonyl (C=O) groups is 1. The molecule has 0 fully saturated rings. The van der Waals surface area contributed by atoms with Crippen molar-refractivity contribution in [3.63, 3.8) is 0 Å². The molecule has 0 aliphatic heterocycles. The van der Waals surface area contributed by atoms with Crippen molar-refractivity contribution in [3.8, 4) is 17.6 Å². The number of sulfonamides is 1. The average molecular weight is 503 g/mol. The summed E-state index contributed by atoms with van der Waals surface area (Å²) in [6.07, 6.45) is -1.07. The zero-order valence-electron chi connectivity index (χ0n) is 18.8. The molecule has 1 heterocycles. The third kappa shape index (κ3) is 6.32. The molecule has 1 atom stereocenters. The van der Waals surface area contributed by atoms with Gasteiger partial charge in [0.15, 0.2) is 17.7 Å². The normalized spacial score (nSPS) is 11.7. The zero-order chi connectivity index (χ0) is 25.6.